The van der Waals surface area contributed by atoms with Gasteiger partial charge in [-0.1, -0.05) is 0 Å². The Labute approximate surface area is 91.6 Å². The minimum absolute atomic E-state index is 0.219. The van der Waals surface area contributed by atoms with Gasteiger partial charge in [-0.15, -0.1) is 0 Å². The van der Waals surface area contributed by atoms with Gasteiger partial charge in [-0.05, 0) is 38.5 Å². The van der Waals surface area contributed by atoms with E-state index in [2.05, 4.69) is 6.07 Å². The predicted molar refractivity (Wildman–Crippen MR) is 58.1 cm³/mol. The van der Waals surface area contributed by atoms with Crippen molar-refractivity contribution in [3.05, 3.63) is 0 Å². The maximum absolute atomic E-state index is 8.70. The molecule has 2 atom stereocenters. The summed E-state index contributed by atoms with van der Waals surface area (Å²) < 4.78 is 5.90. The average molecular weight is 208 g/mol. The Hall–Kier alpha value is -0.590. The number of hydrogen-bond donors (Lipinski definition) is 1. The van der Waals surface area contributed by atoms with Gasteiger partial charge in [0.2, 0.25) is 0 Å². The Morgan fingerprint density at radius 1 is 1.40 bits per heavy atom. The molecule has 0 aromatic rings. The van der Waals surface area contributed by atoms with Crippen molar-refractivity contribution in [2.45, 2.75) is 57.1 Å². The van der Waals surface area contributed by atoms with E-state index in [1.807, 2.05) is 0 Å². The lowest BCUT2D eigenvalue weighted by Gasteiger charge is -2.28. The molecular weight excluding hydrogens is 188 g/mol. The van der Waals surface area contributed by atoms with Crippen LogP contribution in [0.3, 0.4) is 0 Å². The largest absolute Gasteiger partial charge is 0.378 e. The SMILES string of the molecule is N#CCC1(COC2CCCC(N)C2)CC1. The molecule has 2 unspecified atom stereocenters. The smallest absolute Gasteiger partial charge is 0.0628 e. The molecule has 2 aliphatic rings. The quantitative estimate of drug-likeness (QED) is 0.768. The summed E-state index contributed by atoms with van der Waals surface area (Å²) in [7, 11) is 0. The summed E-state index contributed by atoms with van der Waals surface area (Å²) in [4.78, 5) is 0. The minimum Gasteiger partial charge on any atom is -0.378 e. The Bertz CT molecular complexity index is 255. The summed E-state index contributed by atoms with van der Waals surface area (Å²) in [6, 6.07) is 2.59. The van der Waals surface area contributed by atoms with Crippen LogP contribution in [0.4, 0.5) is 0 Å². The molecule has 0 saturated heterocycles. The first-order valence-corrected chi connectivity index (χ1v) is 5.98. The average Bonchev–Trinajstić information content (AvgIpc) is 2.97. The van der Waals surface area contributed by atoms with Crippen molar-refractivity contribution in [1.82, 2.24) is 0 Å². The van der Waals surface area contributed by atoms with Gasteiger partial charge in [0.1, 0.15) is 0 Å². The van der Waals surface area contributed by atoms with E-state index >= 15 is 0 Å². The van der Waals surface area contributed by atoms with Crippen molar-refractivity contribution in [2.24, 2.45) is 11.1 Å². The third-order valence-electron chi connectivity index (χ3n) is 3.70. The number of ether oxygens (including phenoxy) is 1. The van der Waals surface area contributed by atoms with Gasteiger partial charge in [0, 0.05) is 17.9 Å². The third-order valence-corrected chi connectivity index (χ3v) is 3.70. The molecule has 3 heteroatoms. The summed E-state index contributed by atoms with van der Waals surface area (Å²) in [5, 5.41) is 8.70. The minimum atomic E-state index is 0.219. The molecule has 0 spiro atoms. The lowest BCUT2D eigenvalue weighted by Crippen LogP contribution is -2.33. The molecule has 3 nitrogen and oxygen atoms in total. The van der Waals surface area contributed by atoms with E-state index in [0.717, 1.165) is 25.9 Å². The topological polar surface area (TPSA) is 59.0 Å². The Morgan fingerprint density at radius 2 is 2.20 bits per heavy atom. The summed E-state index contributed by atoms with van der Waals surface area (Å²) in [6.07, 6.45) is 7.83. The highest BCUT2D eigenvalue weighted by Gasteiger charge is 2.43. The molecule has 2 N–H and O–H groups in total. The summed E-state index contributed by atoms with van der Waals surface area (Å²) >= 11 is 0. The predicted octanol–water partition coefficient (Wildman–Crippen LogP) is 1.97. The van der Waals surface area contributed by atoms with Crippen LogP contribution in [0.1, 0.15) is 44.9 Å². The summed E-state index contributed by atoms with van der Waals surface area (Å²) in [5.41, 5.74) is 6.12. The van der Waals surface area contributed by atoms with Crippen LogP contribution >= 0.6 is 0 Å². The van der Waals surface area contributed by atoms with Crippen molar-refractivity contribution in [2.75, 3.05) is 6.61 Å². The number of nitriles is 1. The molecule has 0 radical (unpaired) electrons. The van der Waals surface area contributed by atoms with Crippen molar-refractivity contribution >= 4 is 0 Å². The summed E-state index contributed by atoms with van der Waals surface area (Å²) in [5.74, 6) is 0. The van der Waals surface area contributed by atoms with E-state index in [9.17, 15) is 0 Å². The van der Waals surface area contributed by atoms with Gasteiger partial charge in [0.25, 0.3) is 0 Å². The number of nitrogens with zero attached hydrogens (tertiary/aromatic N) is 1. The fourth-order valence-electron chi connectivity index (χ4n) is 2.34. The number of nitrogens with two attached hydrogens (primary N) is 1. The lowest BCUT2D eigenvalue weighted by atomic mass is 9.93. The fourth-order valence-corrected chi connectivity index (χ4v) is 2.34. The second-order valence-electron chi connectivity index (χ2n) is 5.19. The first-order chi connectivity index (χ1) is 7.24. The Morgan fingerprint density at radius 3 is 2.80 bits per heavy atom. The molecule has 2 fully saturated rings. The molecule has 2 rings (SSSR count). The maximum atomic E-state index is 8.70. The second kappa shape index (κ2) is 4.51. The van der Waals surface area contributed by atoms with Crippen LogP contribution in [0.25, 0.3) is 0 Å². The van der Waals surface area contributed by atoms with Crippen LogP contribution in [-0.4, -0.2) is 18.8 Å². The zero-order valence-corrected chi connectivity index (χ0v) is 9.24. The normalized spacial score (nSPS) is 33.3. The fraction of sp³-hybridized carbons (Fsp3) is 0.917. The molecule has 0 amide bonds. The van der Waals surface area contributed by atoms with E-state index < -0.39 is 0 Å². The lowest BCUT2D eigenvalue weighted by molar-refractivity contribution is -0.00129. The Kier molecular flexibility index (Phi) is 3.28. The van der Waals surface area contributed by atoms with Crippen LogP contribution in [0.5, 0.6) is 0 Å². The van der Waals surface area contributed by atoms with E-state index in [0.29, 0.717) is 18.6 Å². The van der Waals surface area contributed by atoms with Crippen molar-refractivity contribution < 1.29 is 4.74 Å². The zero-order chi connectivity index (χ0) is 10.7. The molecule has 0 heterocycles. The molecule has 2 saturated carbocycles. The Balaban J connectivity index is 1.71. The van der Waals surface area contributed by atoms with Gasteiger partial charge in [0.05, 0.1) is 18.8 Å². The third kappa shape index (κ3) is 2.93. The highest BCUT2D eigenvalue weighted by Crippen LogP contribution is 2.49. The second-order valence-corrected chi connectivity index (χ2v) is 5.19. The molecule has 0 aliphatic heterocycles. The van der Waals surface area contributed by atoms with Crippen molar-refractivity contribution in [3.8, 4) is 6.07 Å². The molecule has 0 bridgehead atoms. The molecule has 0 aromatic heterocycles. The maximum Gasteiger partial charge on any atom is 0.0628 e. The number of rotatable bonds is 4. The summed E-state index contributed by atoms with van der Waals surface area (Å²) in [6.45, 7) is 0.776. The van der Waals surface area contributed by atoms with E-state index in [1.165, 1.54) is 19.3 Å². The first-order valence-electron chi connectivity index (χ1n) is 5.98. The van der Waals surface area contributed by atoms with E-state index in [-0.39, 0.29) is 5.41 Å². The van der Waals surface area contributed by atoms with Crippen molar-refractivity contribution in [1.29, 1.82) is 5.26 Å². The zero-order valence-electron chi connectivity index (χ0n) is 9.24. The van der Waals surface area contributed by atoms with Crippen molar-refractivity contribution in [3.63, 3.8) is 0 Å². The van der Waals surface area contributed by atoms with Crippen LogP contribution in [0, 0.1) is 16.7 Å². The number of hydrogen-bond acceptors (Lipinski definition) is 3. The van der Waals surface area contributed by atoms with Crippen LogP contribution in [0.2, 0.25) is 0 Å². The van der Waals surface area contributed by atoms with Gasteiger partial charge in [0.15, 0.2) is 0 Å². The van der Waals surface area contributed by atoms with Gasteiger partial charge in [-0.3, -0.25) is 0 Å². The van der Waals surface area contributed by atoms with Gasteiger partial charge < -0.3 is 10.5 Å². The van der Waals surface area contributed by atoms with E-state index in [1.54, 1.807) is 0 Å². The van der Waals surface area contributed by atoms with Crippen LogP contribution in [-0.2, 0) is 4.74 Å². The standard InChI is InChI=1S/C12H20N2O/c13-7-6-12(4-5-12)9-15-11-3-1-2-10(14)8-11/h10-11H,1-6,8-9,14H2. The highest BCUT2D eigenvalue weighted by atomic mass is 16.5. The van der Waals surface area contributed by atoms with Gasteiger partial charge in [-0.25, -0.2) is 0 Å². The van der Waals surface area contributed by atoms with Crippen LogP contribution in [0.15, 0.2) is 0 Å². The molecule has 0 aromatic carbocycles. The monoisotopic (exact) mass is 208 g/mol. The molecule has 2 aliphatic carbocycles. The first kappa shape index (κ1) is 10.9. The van der Waals surface area contributed by atoms with Gasteiger partial charge in [-0.2, -0.15) is 5.26 Å². The van der Waals surface area contributed by atoms with E-state index in [4.69, 9.17) is 15.7 Å². The van der Waals surface area contributed by atoms with Gasteiger partial charge >= 0.3 is 0 Å². The molecular formula is C12H20N2O. The van der Waals surface area contributed by atoms with Crippen LogP contribution < -0.4 is 5.73 Å². The highest BCUT2D eigenvalue weighted by molar-refractivity contribution is 4.99. The molecule has 84 valence electrons. The molecule has 15 heavy (non-hydrogen) atoms.